The lowest BCUT2D eigenvalue weighted by Crippen LogP contribution is -2.11. The molecule has 0 saturated carbocycles. The average Bonchev–Trinajstić information content (AvgIpc) is 3.02. The Morgan fingerprint density at radius 1 is 1.04 bits per heavy atom. The third-order valence-corrected chi connectivity index (χ3v) is 3.81. The summed E-state index contributed by atoms with van der Waals surface area (Å²) >= 11 is 5.83. The van der Waals surface area contributed by atoms with Gasteiger partial charge in [0.15, 0.2) is 5.76 Å². The van der Waals surface area contributed by atoms with Gasteiger partial charge >= 0.3 is 0 Å². The first-order valence-corrected chi connectivity index (χ1v) is 8.24. The van der Waals surface area contributed by atoms with E-state index < -0.39 is 0 Å². The smallest absolute Gasteiger partial charge is 0.291 e. The molecule has 0 aliphatic carbocycles. The number of rotatable bonds is 5. The zero-order valence-electron chi connectivity index (χ0n) is 14.0. The Morgan fingerprint density at radius 3 is 2.40 bits per heavy atom. The zero-order chi connectivity index (χ0) is 17.8. The van der Waals surface area contributed by atoms with Crippen molar-refractivity contribution in [1.82, 2.24) is 0 Å². The second kappa shape index (κ2) is 7.45. The van der Waals surface area contributed by atoms with Crippen LogP contribution in [0.3, 0.4) is 0 Å². The van der Waals surface area contributed by atoms with Crippen LogP contribution in [-0.2, 0) is 6.61 Å². The van der Waals surface area contributed by atoms with Crippen LogP contribution in [0.15, 0.2) is 59.0 Å². The van der Waals surface area contributed by atoms with Gasteiger partial charge < -0.3 is 14.5 Å². The van der Waals surface area contributed by atoms with E-state index >= 15 is 0 Å². The minimum atomic E-state index is -0.289. The molecule has 4 nitrogen and oxygen atoms in total. The molecule has 1 N–H and O–H groups in total. The highest BCUT2D eigenvalue weighted by Gasteiger charge is 2.12. The highest BCUT2D eigenvalue weighted by Crippen LogP contribution is 2.19. The van der Waals surface area contributed by atoms with Gasteiger partial charge in [0.2, 0.25) is 0 Å². The van der Waals surface area contributed by atoms with E-state index in [4.69, 9.17) is 20.8 Å². The second-order valence-corrected chi connectivity index (χ2v) is 6.28. The Morgan fingerprint density at radius 2 is 1.72 bits per heavy atom. The molecule has 0 unspecified atom stereocenters. The lowest BCUT2D eigenvalue weighted by Gasteiger charge is -2.06. The summed E-state index contributed by atoms with van der Waals surface area (Å²) in [7, 11) is 0. The molecule has 1 aromatic heterocycles. The molecular weight excluding hydrogens is 338 g/mol. The van der Waals surface area contributed by atoms with E-state index in [1.165, 1.54) is 0 Å². The SMILES string of the molecule is Cc1cc(C)cc(NC(=O)c2ccc(COc3ccc(Cl)cc3)o2)c1. The van der Waals surface area contributed by atoms with Gasteiger partial charge in [-0.15, -0.1) is 0 Å². The van der Waals surface area contributed by atoms with Crippen LogP contribution in [0.5, 0.6) is 5.75 Å². The van der Waals surface area contributed by atoms with E-state index in [1.54, 1.807) is 36.4 Å². The van der Waals surface area contributed by atoms with E-state index in [0.717, 1.165) is 16.8 Å². The fourth-order valence-corrected chi connectivity index (χ4v) is 2.63. The minimum absolute atomic E-state index is 0.235. The molecule has 1 amide bonds. The molecule has 0 fully saturated rings. The Kier molecular flexibility index (Phi) is 5.10. The Bertz CT molecular complexity index is 864. The molecule has 5 heteroatoms. The predicted octanol–water partition coefficient (Wildman–Crippen LogP) is 5.38. The molecule has 2 aromatic carbocycles. The molecule has 3 rings (SSSR count). The second-order valence-electron chi connectivity index (χ2n) is 5.84. The quantitative estimate of drug-likeness (QED) is 0.668. The molecule has 0 saturated heterocycles. The molecule has 25 heavy (non-hydrogen) atoms. The number of hydrogen-bond donors (Lipinski definition) is 1. The Hall–Kier alpha value is -2.72. The van der Waals surface area contributed by atoms with E-state index in [1.807, 2.05) is 26.0 Å². The van der Waals surface area contributed by atoms with Gasteiger partial charge in [0.1, 0.15) is 18.1 Å². The Balaban J connectivity index is 1.62. The average molecular weight is 356 g/mol. The number of carbonyl (C=O) groups is 1. The van der Waals surface area contributed by atoms with Crippen LogP contribution in [0.4, 0.5) is 5.69 Å². The van der Waals surface area contributed by atoms with Gasteiger partial charge in [-0.3, -0.25) is 4.79 Å². The van der Waals surface area contributed by atoms with Crippen molar-refractivity contribution in [2.45, 2.75) is 20.5 Å². The fraction of sp³-hybridized carbons (Fsp3) is 0.150. The van der Waals surface area contributed by atoms with E-state index in [9.17, 15) is 4.79 Å². The number of aryl methyl sites for hydroxylation is 2. The van der Waals surface area contributed by atoms with Crippen LogP contribution in [0.1, 0.15) is 27.4 Å². The first kappa shape index (κ1) is 17.1. The van der Waals surface area contributed by atoms with Crippen molar-refractivity contribution in [2.75, 3.05) is 5.32 Å². The van der Waals surface area contributed by atoms with Crippen LogP contribution in [0.25, 0.3) is 0 Å². The molecule has 0 spiro atoms. The van der Waals surface area contributed by atoms with Crippen molar-refractivity contribution in [3.63, 3.8) is 0 Å². The van der Waals surface area contributed by atoms with Gasteiger partial charge in [0.05, 0.1) is 0 Å². The highest BCUT2D eigenvalue weighted by atomic mass is 35.5. The lowest BCUT2D eigenvalue weighted by atomic mass is 10.1. The van der Waals surface area contributed by atoms with Crippen molar-refractivity contribution in [2.24, 2.45) is 0 Å². The van der Waals surface area contributed by atoms with Crippen molar-refractivity contribution < 1.29 is 13.9 Å². The van der Waals surface area contributed by atoms with Gasteiger partial charge in [-0.25, -0.2) is 0 Å². The summed E-state index contributed by atoms with van der Waals surface area (Å²) < 4.78 is 11.2. The first-order valence-electron chi connectivity index (χ1n) is 7.86. The molecule has 0 aliphatic heterocycles. The number of amides is 1. The summed E-state index contributed by atoms with van der Waals surface area (Å²) in [4.78, 5) is 12.3. The van der Waals surface area contributed by atoms with Gasteiger partial charge in [-0.05, 0) is 73.5 Å². The molecule has 128 valence electrons. The van der Waals surface area contributed by atoms with Gasteiger partial charge in [0.25, 0.3) is 5.91 Å². The monoisotopic (exact) mass is 355 g/mol. The van der Waals surface area contributed by atoms with Crippen LogP contribution >= 0.6 is 11.6 Å². The summed E-state index contributed by atoms with van der Waals surface area (Å²) in [5.74, 6) is 1.21. The predicted molar refractivity (Wildman–Crippen MR) is 98.4 cm³/mol. The maximum absolute atomic E-state index is 12.3. The standard InChI is InChI=1S/C20H18ClNO3/c1-13-9-14(2)11-16(10-13)22-20(23)19-8-7-18(25-19)12-24-17-5-3-15(21)4-6-17/h3-11H,12H2,1-2H3,(H,22,23). The maximum atomic E-state index is 12.3. The normalized spacial score (nSPS) is 10.5. The number of ether oxygens (including phenoxy) is 1. The molecule has 0 bridgehead atoms. The van der Waals surface area contributed by atoms with Crippen LogP contribution in [0.2, 0.25) is 5.02 Å². The van der Waals surface area contributed by atoms with Crippen molar-refractivity contribution in [3.05, 3.63) is 82.3 Å². The van der Waals surface area contributed by atoms with Crippen molar-refractivity contribution in [3.8, 4) is 5.75 Å². The maximum Gasteiger partial charge on any atom is 0.291 e. The third-order valence-electron chi connectivity index (χ3n) is 3.56. The van der Waals surface area contributed by atoms with Crippen molar-refractivity contribution in [1.29, 1.82) is 0 Å². The topological polar surface area (TPSA) is 51.5 Å². The summed E-state index contributed by atoms with van der Waals surface area (Å²) in [6.45, 7) is 4.21. The molecule has 0 aliphatic rings. The minimum Gasteiger partial charge on any atom is -0.486 e. The molecular formula is C20H18ClNO3. The summed E-state index contributed by atoms with van der Waals surface area (Å²) in [6, 6.07) is 16.3. The molecule has 0 radical (unpaired) electrons. The zero-order valence-corrected chi connectivity index (χ0v) is 14.8. The number of anilines is 1. The van der Waals surface area contributed by atoms with Crippen LogP contribution in [-0.4, -0.2) is 5.91 Å². The molecule has 3 aromatic rings. The summed E-state index contributed by atoms with van der Waals surface area (Å²) in [5, 5.41) is 3.49. The summed E-state index contributed by atoms with van der Waals surface area (Å²) in [5.41, 5.74) is 2.93. The third kappa shape index (κ3) is 4.64. The number of furan rings is 1. The van der Waals surface area contributed by atoms with E-state index in [0.29, 0.717) is 16.5 Å². The number of benzene rings is 2. The van der Waals surface area contributed by atoms with E-state index in [2.05, 4.69) is 11.4 Å². The number of halogens is 1. The Labute approximate surface area is 151 Å². The molecule has 0 atom stereocenters. The van der Waals surface area contributed by atoms with E-state index in [-0.39, 0.29) is 18.3 Å². The number of nitrogens with one attached hydrogen (secondary N) is 1. The van der Waals surface area contributed by atoms with Gasteiger partial charge in [-0.1, -0.05) is 17.7 Å². The van der Waals surface area contributed by atoms with Gasteiger partial charge in [0, 0.05) is 10.7 Å². The fourth-order valence-electron chi connectivity index (χ4n) is 2.50. The van der Waals surface area contributed by atoms with Crippen LogP contribution < -0.4 is 10.1 Å². The number of hydrogen-bond acceptors (Lipinski definition) is 3. The largest absolute Gasteiger partial charge is 0.486 e. The lowest BCUT2D eigenvalue weighted by molar-refractivity contribution is 0.0992. The molecule has 1 heterocycles. The number of carbonyl (C=O) groups excluding carboxylic acids is 1. The van der Waals surface area contributed by atoms with Crippen LogP contribution in [0, 0.1) is 13.8 Å². The van der Waals surface area contributed by atoms with Crippen molar-refractivity contribution >= 4 is 23.2 Å². The highest BCUT2D eigenvalue weighted by molar-refractivity contribution is 6.30. The summed E-state index contributed by atoms with van der Waals surface area (Å²) in [6.07, 6.45) is 0. The van der Waals surface area contributed by atoms with Gasteiger partial charge in [-0.2, -0.15) is 0 Å². The first-order chi connectivity index (χ1) is 12.0.